The van der Waals surface area contributed by atoms with Gasteiger partial charge in [-0.05, 0) is 24.3 Å². The fourth-order valence-electron chi connectivity index (χ4n) is 1.81. The van der Waals surface area contributed by atoms with Crippen LogP contribution in [0.5, 0.6) is 11.5 Å². The molecule has 0 aliphatic rings. The maximum absolute atomic E-state index is 11.9. The van der Waals surface area contributed by atoms with Crippen molar-refractivity contribution in [2.75, 3.05) is 7.11 Å². The van der Waals surface area contributed by atoms with Gasteiger partial charge in [-0.15, -0.1) is 0 Å². The lowest BCUT2D eigenvalue weighted by molar-refractivity contribution is -0.385. The van der Waals surface area contributed by atoms with E-state index in [1.165, 1.54) is 49.7 Å². The number of phenolic OH excluding ortho intramolecular Hbond substituents is 1. The van der Waals surface area contributed by atoms with Gasteiger partial charge >= 0.3 is 0 Å². The Morgan fingerprint density at radius 3 is 2.78 bits per heavy atom. The summed E-state index contributed by atoms with van der Waals surface area (Å²) in [4.78, 5) is 22.3. The highest BCUT2D eigenvalue weighted by molar-refractivity contribution is 5.95. The quantitative estimate of drug-likeness (QED) is 0.498. The summed E-state index contributed by atoms with van der Waals surface area (Å²) in [7, 11) is 1.36. The number of hydrazone groups is 1. The lowest BCUT2D eigenvalue weighted by atomic mass is 10.2. The number of benzene rings is 2. The lowest BCUT2D eigenvalue weighted by Crippen LogP contribution is -2.17. The maximum Gasteiger partial charge on any atom is 0.278 e. The monoisotopic (exact) mass is 315 g/mol. The van der Waals surface area contributed by atoms with Crippen LogP contribution in [-0.2, 0) is 0 Å². The zero-order valence-corrected chi connectivity index (χ0v) is 12.1. The van der Waals surface area contributed by atoms with Gasteiger partial charge in [0.15, 0.2) is 11.5 Å². The van der Waals surface area contributed by atoms with E-state index in [0.717, 1.165) is 0 Å². The molecule has 2 N–H and O–H groups in total. The molecule has 0 heterocycles. The Balaban J connectivity index is 2.12. The number of aromatic hydroxyl groups is 1. The highest BCUT2D eigenvalue weighted by Gasteiger charge is 2.11. The van der Waals surface area contributed by atoms with E-state index in [4.69, 9.17) is 4.74 Å². The Morgan fingerprint density at radius 1 is 1.35 bits per heavy atom. The van der Waals surface area contributed by atoms with Gasteiger partial charge in [0, 0.05) is 11.6 Å². The van der Waals surface area contributed by atoms with E-state index in [9.17, 15) is 20.0 Å². The number of nitrogens with one attached hydrogen (secondary N) is 1. The molecule has 2 rings (SSSR count). The van der Waals surface area contributed by atoms with Gasteiger partial charge in [-0.1, -0.05) is 12.1 Å². The zero-order chi connectivity index (χ0) is 16.8. The molecular weight excluding hydrogens is 302 g/mol. The van der Waals surface area contributed by atoms with Crippen LogP contribution in [0.1, 0.15) is 15.9 Å². The summed E-state index contributed by atoms with van der Waals surface area (Å²) in [6.07, 6.45) is 1.19. The van der Waals surface area contributed by atoms with Crippen molar-refractivity contribution in [1.29, 1.82) is 0 Å². The second-order valence-corrected chi connectivity index (χ2v) is 4.40. The van der Waals surface area contributed by atoms with Crippen molar-refractivity contribution >= 4 is 17.8 Å². The Morgan fingerprint density at radius 2 is 2.09 bits per heavy atom. The zero-order valence-electron chi connectivity index (χ0n) is 12.1. The number of nitrogens with zero attached hydrogens (tertiary/aromatic N) is 2. The van der Waals surface area contributed by atoms with E-state index in [0.29, 0.717) is 0 Å². The predicted octanol–water partition coefficient (Wildman–Crippen LogP) is 2.07. The summed E-state index contributed by atoms with van der Waals surface area (Å²) < 4.78 is 4.91. The summed E-state index contributed by atoms with van der Waals surface area (Å²) >= 11 is 0. The van der Waals surface area contributed by atoms with Gasteiger partial charge in [-0.2, -0.15) is 5.10 Å². The van der Waals surface area contributed by atoms with Crippen molar-refractivity contribution in [3.8, 4) is 11.5 Å². The first-order valence-electron chi connectivity index (χ1n) is 6.46. The van der Waals surface area contributed by atoms with E-state index in [2.05, 4.69) is 10.5 Å². The number of rotatable bonds is 5. The molecule has 8 heteroatoms. The first-order valence-corrected chi connectivity index (χ1v) is 6.46. The fraction of sp³-hybridized carbons (Fsp3) is 0.0667. The summed E-state index contributed by atoms with van der Waals surface area (Å²) in [5, 5.41) is 24.0. The molecular formula is C15H13N3O5. The molecule has 0 saturated carbocycles. The summed E-state index contributed by atoms with van der Waals surface area (Å²) in [5.41, 5.74) is 2.63. The van der Waals surface area contributed by atoms with Gasteiger partial charge in [-0.25, -0.2) is 5.43 Å². The molecule has 0 aliphatic carbocycles. The van der Waals surface area contributed by atoms with E-state index in [1.54, 1.807) is 6.07 Å². The van der Waals surface area contributed by atoms with Gasteiger partial charge < -0.3 is 9.84 Å². The van der Waals surface area contributed by atoms with E-state index in [-0.39, 0.29) is 28.3 Å². The van der Waals surface area contributed by atoms with Gasteiger partial charge in [0.05, 0.1) is 23.8 Å². The Hall–Kier alpha value is -3.42. The maximum atomic E-state index is 11.9. The van der Waals surface area contributed by atoms with Crippen LogP contribution in [0.4, 0.5) is 5.69 Å². The Bertz CT molecular complexity index is 773. The third-order valence-electron chi connectivity index (χ3n) is 2.95. The van der Waals surface area contributed by atoms with Crippen LogP contribution in [-0.4, -0.2) is 29.3 Å². The number of nitro groups is 1. The highest BCUT2D eigenvalue weighted by atomic mass is 16.6. The number of methoxy groups -OCH3 is 1. The van der Waals surface area contributed by atoms with Crippen molar-refractivity contribution in [3.63, 3.8) is 0 Å². The normalized spacial score (nSPS) is 10.5. The number of para-hydroxylation sites is 1. The van der Waals surface area contributed by atoms with Crippen molar-refractivity contribution < 1.29 is 19.6 Å². The number of nitro benzene ring substituents is 1. The number of hydrogen-bond acceptors (Lipinski definition) is 6. The molecule has 0 atom stereocenters. The first-order chi connectivity index (χ1) is 11.0. The molecule has 0 spiro atoms. The molecule has 0 aliphatic heterocycles. The van der Waals surface area contributed by atoms with Crippen LogP contribution in [0.3, 0.4) is 0 Å². The summed E-state index contributed by atoms with van der Waals surface area (Å²) in [5.74, 6) is -0.481. The van der Waals surface area contributed by atoms with E-state index >= 15 is 0 Å². The average Bonchev–Trinajstić information content (AvgIpc) is 2.55. The number of ether oxygens (including phenoxy) is 1. The summed E-state index contributed by atoms with van der Waals surface area (Å²) in [6.45, 7) is 0. The second-order valence-electron chi connectivity index (χ2n) is 4.40. The van der Waals surface area contributed by atoms with Gasteiger partial charge in [0.2, 0.25) is 0 Å². The average molecular weight is 315 g/mol. The van der Waals surface area contributed by atoms with E-state index < -0.39 is 10.8 Å². The molecule has 23 heavy (non-hydrogen) atoms. The van der Waals surface area contributed by atoms with Crippen molar-refractivity contribution in [1.82, 2.24) is 5.43 Å². The highest BCUT2D eigenvalue weighted by Crippen LogP contribution is 2.26. The third kappa shape index (κ3) is 3.82. The summed E-state index contributed by atoms with van der Waals surface area (Å²) in [6, 6.07) is 10.1. The lowest BCUT2D eigenvalue weighted by Gasteiger charge is -2.05. The third-order valence-corrected chi connectivity index (χ3v) is 2.95. The minimum absolute atomic E-state index is 0.0903. The van der Waals surface area contributed by atoms with Crippen LogP contribution in [0.25, 0.3) is 0 Å². The molecule has 0 aromatic heterocycles. The van der Waals surface area contributed by atoms with Crippen LogP contribution in [0.2, 0.25) is 0 Å². The van der Waals surface area contributed by atoms with Crippen molar-refractivity contribution in [2.45, 2.75) is 0 Å². The second kappa shape index (κ2) is 7.03. The largest absolute Gasteiger partial charge is 0.504 e. The standard InChI is InChI=1S/C15H13N3O5/c1-23-14-8-10(6-7-13(14)19)15(20)17-16-9-11-4-2-3-5-12(11)18(21)22/h2-9,19H,1H3,(H,17,20)/b16-9+. The van der Waals surface area contributed by atoms with Gasteiger partial charge in [0.25, 0.3) is 11.6 Å². The van der Waals surface area contributed by atoms with Crippen LogP contribution < -0.4 is 10.2 Å². The van der Waals surface area contributed by atoms with Crippen molar-refractivity contribution in [3.05, 3.63) is 63.7 Å². The fourth-order valence-corrected chi connectivity index (χ4v) is 1.81. The molecule has 118 valence electrons. The molecule has 0 bridgehead atoms. The molecule has 0 unspecified atom stereocenters. The Labute approximate surface area is 131 Å². The molecule has 2 aromatic rings. The molecule has 0 saturated heterocycles. The molecule has 0 radical (unpaired) electrons. The number of amides is 1. The van der Waals surface area contributed by atoms with Crippen LogP contribution >= 0.6 is 0 Å². The minimum atomic E-state index is -0.543. The van der Waals surface area contributed by atoms with Crippen LogP contribution in [0.15, 0.2) is 47.6 Å². The number of carbonyl (C=O) groups excluding carboxylic acids is 1. The SMILES string of the molecule is COc1cc(C(=O)N/N=C/c2ccccc2[N+](=O)[O-])ccc1O. The molecule has 1 amide bonds. The molecule has 2 aromatic carbocycles. The van der Waals surface area contributed by atoms with Crippen LogP contribution in [0, 0.1) is 10.1 Å². The topological polar surface area (TPSA) is 114 Å². The molecule has 8 nitrogen and oxygen atoms in total. The van der Waals surface area contributed by atoms with Crippen molar-refractivity contribution in [2.24, 2.45) is 5.10 Å². The number of carbonyl (C=O) groups is 1. The predicted molar refractivity (Wildman–Crippen MR) is 82.8 cm³/mol. The minimum Gasteiger partial charge on any atom is -0.504 e. The van der Waals surface area contributed by atoms with Gasteiger partial charge in [0.1, 0.15) is 0 Å². The number of hydrogen-bond donors (Lipinski definition) is 2. The number of phenols is 1. The van der Waals surface area contributed by atoms with Gasteiger partial charge in [-0.3, -0.25) is 14.9 Å². The smallest absolute Gasteiger partial charge is 0.278 e. The molecule has 0 fully saturated rings. The first kappa shape index (κ1) is 16.0. The van der Waals surface area contributed by atoms with E-state index in [1.807, 2.05) is 0 Å². The Kier molecular flexibility index (Phi) is 4.88.